The molecule has 0 aromatic rings. The quantitative estimate of drug-likeness (QED) is 0.473. The van der Waals surface area contributed by atoms with Gasteiger partial charge in [-0.25, -0.2) is 0 Å². The highest BCUT2D eigenvalue weighted by atomic mass is 16.2. The fraction of sp³-hybridized carbons (Fsp3) is 0.800. The first-order chi connectivity index (χ1) is 7.25. The van der Waals surface area contributed by atoms with E-state index in [0.29, 0.717) is 5.92 Å². The molecule has 0 saturated carbocycles. The summed E-state index contributed by atoms with van der Waals surface area (Å²) in [6.07, 6.45) is 6.36. The van der Waals surface area contributed by atoms with Gasteiger partial charge in [0, 0.05) is 12.8 Å². The average molecular weight is 206 g/mol. The van der Waals surface area contributed by atoms with Gasteiger partial charge in [0.2, 0.25) is 5.91 Å². The zero-order valence-electron chi connectivity index (χ0n) is 9.83. The molecule has 1 N–H and O–H groups in total. The summed E-state index contributed by atoms with van der Waals surface area (Å²) in [4.78, 5) is 15.9. The standard InChI is InChI=1S/C10H20B2N2O/c1-8-4-7-13-9(8)10(15)14-6-3-2-5-12-11/h7-9,12H,2-6,11H2,1H3,(H,14,15). The maximum absolute atomic E-state index is 11.7. The summed E-state index contributed by atoms with van der Waals surface area (Å²) in [5.74, 6) is 0.480. The monoisotopic (exact) mass is 206 g/mol. The summed E-state index contributed by atoms with van der Waals surface area (Å²) in [7, 11) is 3.42. The zero-order valence-corrected chi connectivity index (χ0v) is 9.83. The molecule has 82 valence electrons. The van der Waals surface area contributed by atoms with Crippen LogP contribution in [0.15, 0.2) is 4.99 Å². The number of nitrogens with one attached hydrogen (secondary N) is 1. The minimum atomic E-state index is -0.129. The second-order valence-corrected chi connectivity index (χ2v) is 4.34. The van der Waals surface area contributed by atoms with Crippen LogP contribution in [-0.4, -0.2) is 39.6 Å². The highest BCUT2D eigenvalue weighted by Gasteiger charge is 2.26. The van der Waals surface area contributed by atoms with Crippen LogP contribution >= 0.6 is 0 Å². The normalized spacial score (nSPS) is 24.1. The van der Waals surface area contributed by atoms with E-state index in [0.717, 1.165) is 19.4 Å². The Labute approximate surface area is 93.7 Å². The van der Waals surface area contributed by atoms with Crippen molar-refractivity contribution in [1.82, 2.24) is 5.32 Å². The predicted molar refractivity (Wildman–Crippen MR) is 68.8 cm³/mol. The third-order valence-electron chi connectivity index (χ3n) is 2.88. The average Bonchev–Trinajstić information content (AvgIpc) is 2.64. The molecule has 0 fully saturated rings. The number of nitrogens with zero attached hydrogens (tertiary/aromatic N) is 1. The van der Waals surface area contributed by atoms with Crippen LogP contribution < -0.4 is 5.32 Å². The Morgan fingerprint density at radius 2 is 2.47 bits per heavy atom. The third kappa shape index (κ3) is 4.10. The van der Waals surface area contributed by atoms with Crippen LogP contribution in [0.1, 0.15) is 26.2 Å². The molecule has 2 unspecified atom stereocenters. The molecule has 1 aliphatic heterocycles. The van der Waals surface area contributed by atoms with Crippen LogP contribution in [0.4, 0.5) is 0 Å². The summed E-state index contributed by atoms with van der Waals surface area (Å²) in [5, 5.41) is 2.96. The van der Waals surface area contributed by atoms with Gasteiger partial charge in [0.1, 0.15) is 6.04 Å². The van der Waals surface area contributed by atoms with Gasteiger partial charge in [-0.2, -0.15) is 0 Å². The fourth-order valence-corrected chi connectivity index (χ4v) is 1.81. The van der Waals surface area contributed by atoms with Gasteiger partial charge in [-0.05, 0) is 18.8 Å². The Morgan fingerprint density at radius 1 is 1.67 bits per heavy atom. The molecule has 2 atom stereocenters. The number of hydrogen-bond acceptors (Lipinski definition) is 2. The summed E-state index contributed by atoms with van der Waals surface area (Å²) in [5.41, 5.74) is 0. The van der Waals surface area contributed by atoms with Gasteiger partial charge < -0.3 is 5.32 Å². The molecule has 1 aliphatic rings. The molecule has 0 aromatic carbocycles. The van der Waals surface area contributed by atoms with E-state index in [1.165, 1.54) is 19.9 Å². The molecule has 1 amide bonds. The first-order valence-electron chi connectivity index (χ1n) is 6.05. The second-order valence-electron chi connectivity index (χ2n) is 4.34. The van der Waals surface area contributed by atoms with Crippen molar-refractivity contribution in [3.63, 3.8) is 0 Å². The van der Waals surface area contributed by atoms with Crippen molar-refractivity contribution in [1.29, 1.82) is 0 Å². The van der Waals surface area contributed by atoms with Crippen LogP contribution in [0.5, 0.6) is 0 Å². The van der Waals surface area contributed by atoms with E-state index in [1.54, 1.807) is 0 Å². The fourth-order valence-electron chi connectivity index (χ4n) is 1.81. The highest BCUT2D eigenvalue weighted by Crippen LogP contribution is 2.16. The molecule has 15 heavy (non-hydrogen) atoms. The summed E-state index contributed by atoms with van der Waals surface area (Å²) < 4.78 is 0. The Kier molecular flexibility index (Phi) is 5.51. The van der Waals surface area contributed by atoms with Gasteiger partial charge in [0.15, 0.2) is 0 Å². The van der Waals surface area contributed by atoms with Crippen molar-refractivity contribution >= 4 is 27.0 Å². The predicted octanol–water partition coefficient (Wildman–Crippen LogP) is -0.235. The number of hydrogen-bond donors (Lipinski definition) is 1. The van der Waals surface area contributed by atoms with E-state index in [9.17, 15) is 4.79 Å². The van der Waals surface area contributed by atoms with Crippen LogP contribution in [0.3, 0.4) is 0 Å². The van der Waals surface area contributed by atoms with E-state index in [4.69, 9.17) is 0 Å². The van der Waals surface area contributed by atoms with E-state index in [-0.39, 0.29) is 11.9 Å². The summed E-state index contributed by atoms with van der Waals surface area (Å²) in [6, 6.07) is -0.129. The Balaban J connectivity index is 2.10. The first-order valence-corrected chi connectivity index (χ1v) is 6.05. The van der Waals surface area contributed by atoms with Crippen LogP contribution in [0.2, 0.25) is 6.32 Å². The lowest BCUT2D eigenvalue weighted by atomic mass is 9.53. The minimum Gasteiger partial charge on any atom is -0.354 e. The SMILES string of the molecule is BBCCCCNC(=O)C1N=CCC1C. The van der Waals surface area contributed by atoms with Crippen LogP contribution in [-0.2, 0) is 4.79 Å². The Morgan fingerprint density at radius 3 is 3.07 bits per heavy atom. The molecule has 1 heterocycles. The van der Waals surface area contributed by atoms with E-state index < -0.39 is 0 Å². The summed E-state index contributed by atoms with van der Waals surface area (Å²) >= 11 is 0. The minimum absolute atomic E-state index is 0.104. The van der Waals surface area contributed by atoms with Crippen molar-refractivity contribution in [3.05, 3.63) is 0 Å². The van der Waals surface area contributed by atoms with E-state index in [1.807, 2.05) is 6.21 Å². The molecule has 0 spiro atoms. The van der Waals surface area contributed by atoms with Gasteiger partial charge in [-0.15, -0.1) is 0 Å². The molecular formula is C10H20B2N2O. The second kappa shape index (κ2) is 6.70. The number of unbranched alkanes of at least 4 members (excludes halogenated alkanes) is 1. The molecule has 5 heteroatoms. The van der Waals surface area contributed by atoms with Gasteiger partial charge in [-0.1, -0.05) is 19.7 Å². The topological polar surface area (TPSA) is 41.5 Å². The van der Waals surface area contributed by atoms with Crippen LogP contribution in [0, 0.1) is 5.92 Å². The van der Waals surface area contributed by atoms with Gasteiger partial charge in [-0.3, -0.25) is 9.79 Å². The highest BCUT2D eigenvalue weighted by molar-refractivity contribution is 6.89. The molecule has 1 rings (SSSR count). The smallest absolute Gasteiger partial charge is 0.245 e. The molecule has 0 radical (unpaired) electrons. The van der Waals surface area contributed by atoms with Gasteiger partial charge in [0.25, 0.3) is 0 Å². The number of aliphatic imine (C=N–C) groups is 1. The van der Waals surface area contributed by atoms with Crippen LogP contribution in [0.25, 0.3) is 0 Å². The number of amides is 1. The van der Waals surface area contributed by atoms with Crippen molar-refractivity contribution in [2.75, 3.05) is 6.54 Å². The lowest BCUT2D eigenvalue weighted by molar-refractivity contribution is -0.123. The van der Waals surface area contributed by atoms with Gasteiger partial charge >= 0.3 is 0 Å². The lowest BCUT2D eigenvalue weighted by Crippen LogP contribution is -2.36. The van der Waals surface area contributed by atoms with Gasteiger partial charge in [0.05, 0.1) is 14.9 Å². The van der Waals surface area contributed by atoms with Crippen molar-refractivity contribution in [2.45, 2.75) is 38.5 Å². The van der Waals surface area contributed by atoms with E-state index >= 15 is 0 Å². The number of carbonyl (C=O) groups excluding carboxylic acids is 1. The molecule has 0 aromatic heterocycles. The number of carbonyl (C=O) groups is 1. The number of rotatable bonds is 6. The molecular weight excluding hydrogens is 186 g/mol. The summed E-state index contributed by atoms with van der Waals surface area (Å²) in [6.45, 7) is 2.88. The lowest BCUT2D eigenvalue weighted by Gasteiger charge is -2.13. The van der Waals surface area contributed by atoms with E-state index in [2.05, 4.69) is 25.0 Å². The molecule has 0 bridgehead atoms. The Bertz CT molecular complexity index is 233. The zero-order chi connectivity index (χ0) is 11.1. The Hall–Kier alpha value is -0.730. The largest absolute Gasteiger partial charge is 0.354 e. The van der Waals surface area contributed by atoms with Crippen molar-refractivity contribution in [2.24, 2.45) is 10.9 Å². The maximum Gasteiger partial charge on any atom is 0.245 e. The van der Waals surface area contributed by atoms with Crippen molar-refractivity contribution < 1.29 is 4.79 Å². The first kappa shape index (κ1) is 12.3. The third-order valence-corrected chi connectivity index (χ3v) is 2.88. The molecule has 0 aliphatic carbocycles. The van der Waals surface area contributed by atoms with Crippen molar-refractivity contribution in [3.8, 4) is 0 Å². The maximum atomic E-state index is 11.7. The molecule has 0 saturated heterocycles. The molecule has 3 nitrogen and oxygen atoms in total.